The van der Waals surface area contributed by atoms with E-state index in [2.05, 4.69) is 34.7 Å². The molecular weight excluding hydrogens is 274 g/mol. The topological polar surface area (TPSA) is 28.2 Å². The van der Waals surface area contributed by atoms with Gasteiger partial charge in [-0.15, -0.1) is 22.7 Å². The van der Waals surface area contributed by atoms with E-state index in [0.717, 1.165) is 11.7 Å². The highest BCUT2D eigenvalue weighted by Gasteiger charge is 2.23. The first-order valence-corrected chi connectivity index (χ1v) is 8.43. The van der Waals surface area contributed by atoms with Crippen molar-refractivity contribution < 1.29 is 0 Å². The molecule has 102 valence electrons. The fraction of sp³-hybridized carbons (Fsp3) is 0.500. The van der Waals surface area contributed by atoms with Gasteiger partial charge in [0.2, 0.25) is 0 Å². The SMILES string of the molecule is CNc1nc(-c2cccs2)c(CN2CCCC2C)s1. The third kappa shape index (κ3) is 2.68. The van der Waals surface area contributed by atoms with Crippen LogP contribution in [0.3, 0.4) is 0 Å². The molecular formula is C14H19N3S2. The van der Waals surface area contributed by atoms with Gasteiger partial charge < -0.3 is 5.32 Å². The van der Waals surface area contributed by atoms with Crippen molar-refractivity contribution in [3.63, 3.8) is 0 Å². The highest BCUT2D eigenvalue weighted by atomic mass is 32.1. The van der Waals surface area contributed by atoms with Gasteiger partial charge in [0.1, 0.15) is 0 Å². The minimum atomic E-state index is 0.705. The summed E-state index contributed by atoms with van der Waals surface area (Å²) >= 11 is 3.56. The summed E-state index contributed by atoms with van der Waals surface area (Å²) < 4.78 is 0. The fourth-order valence-electron chi connectivity index (χ4n) is 2.58. The summed E-state index contributed by atoms with van der Waals surface area (Å²) in [7, 11) is 1.94. The number of nitrogens with zero attached hydrogens (tertiary/aromatic N) is 2. The van der Waals surface area contributed by atoms with E-state index < -0.39 is 0 Å². The molecule has 0 aliphatic carbocycles. The summed E-state index contributed by atoms with van der Waals surface area (Å²) in [6, 6.07) is 4.97. The molecule has 1 saturated heterocycles. The standard InChI is InChI=1S/C14H19N3S2/c1-10-5-3-7-17(10)9-12-13(11-6-4-8-18-11)16-14(15-2)19-12/h4,6,8,10H,3,5,7,9H2,1-2H3,(H,15,16). The van der Waals surface area contributed by atoms with E-state index in [-0.39, 0.29) is 0 Å². The molecule has 5 heteroatoms. The number of thiophene rings is 1. The Morgan fingerprint density at radius 2 is 2.42 bits per heavy atom. The predicted molar refractivity (Wildman–Crippen MR) is 84.1 cm³/mol. The van der Waals surface area contributed by atoms with E-state index in [4.69, 9.17) is 4.98 Å². The first-order valence-electron chi connectivity index (χ1n) is 6.73. The van der Waals surface area contributed by atoms with Crippen LogP contribution < -0.4 is 5.32 Å². The highest BCUT2D eigenvalue weighted by molar-refractivity contribution is 7.17. The Bertz CT molecular complexity index is 533. The van der Waals surface area contributed by atoms with Crippen LogP contribution in [0.2, 0.25) is 0 Å². The molecule has 1 N–H and O–H groups in total. The third-order valence-corrected chi connectivity index (χ3v) is 5.64. The zero-order chi connectivity index (χ0) is 13.2. The monoisotopic (exact) mass is 293 g/mol. The zero-order valence-electron chi connectivity index (χ0n) is 11.3. The van der Waals surface area contributed by atoms with Crippen LogP contribution >= 0.6 is 22.7 Å². The highest BCUT2D eigenvalue weighted by Crippen LogP contribution is 2.35. The second-order valence-corrected chi connectivity index (χ2v) is 7.01. The number of nitrogens with one attached hydrogen (secondary N) is 1. The van der Waals surface area contributed by atoms with Gasteiger partial charge in [-0.25, -0.2) is 4.98 Å². The van der Waals surface area contributed by atoms with Crippen molar-refractivity contribution in [2.45, 2.75) is 32.4 Å². The Balaban J connectivity index is 1.89. The summed E-state index contributed by atoms with van der Waals surface area (Å²) in [6.07, 6.45) is 2.65. The van der Waals surface area contributed by atoms with Crippen molar-refractivity contribution in [1.29, 1.82) is 0 Å². The van der Waals surface area contributed by atoms with Crippen molar-refractivity contribution in [2.24, 2.45) is 0 Å². The van der Waals surface area contributed by atoms with E-state index in [0.29, 0.717) is 6.04 Å². The van der Waals surface area contributed by atoms with E-state index >= 15 is 0 Å². The lowest BCUT2D eigenvalue weighted by molar-refractivity contribution is 0.263. The molecule has 0 spiro atoms. The van der Waals surface area contributed by atoms with E-state index in [1.54, 1.807) is 22.7 Å². The minimum absolute atomic E-state index is 0.705. The molecule has 0 amide bonds. The Hall–Kier alpha value is -0.910. The quantitative estimate of drug-likeness (QED) is 0.926. The van der Waals surface area contributed by atoms with Gasteiger partial charge in [-0.05, 0) is 37.8 Å². The van der Waals surface area contributed by atoms with Crippen LogP contribution in [0, 0.1) is 0 Å². The second kappa shape index (κ2) is 5.61. The Kier molecular flexibility index (Phi) is 3.86. The maximum absolute atomic E-state index is 4.73. The number of aromatic nitrogens is 1. The van der Waals surface area contributed by atoms with Gasteiger partial charge in [0.15, 0.2) is 5.13 Å². The maximum Gasteiger partial charge on any atom is 0.183 e. The van der Waals surface area contributed by atoms with Crippen LogP contribution in [-0.4, -0.2) is 29.5 Å². The Labute approximate surface area is 122 Å². The summed E-state index contributed by atoms with van der Waals surface area (Å²) in [5.41, 5.74) is 1.17. The van der Waals surface area contributed by atoms with Gasteiger partial charge in [0.05, 0.1) is 10.6 Å². The molecule has 1 aliphatic heterocycles. The first-order chi connectivity index (χ1) is 9.28. The maximum atomic E-state index is 4.73. The molecule has 0 radical (unpaired) electrons. The van der Waals surface area contributed by atoms with Crippen LogP contribution in [0.5, 0.6) is 0 Å². The average molecular weight is 293 g/mol. The van der Waals surface area contributed by atoms with Crippen LogP contribution in [0.15, 0.2) is 17.5 Å². The van der Waals surface area contributed by atoms with Crippen molar-refractivity contribution in [3.05, 3.63) is 22.4 Å². The number of hydrogen-bond acceptors (Lipinski definition) is 5. The summed E-state index contributed by atoms with van der Waals surface area (Å²) in [5, 5.41) is 6.32. The lowest BCUT2D eigenvalue weighted by Gasteiger charge is -2.20. The van der Waals surface area contributed by atoms with Crippen LogP contribution in [0.25, 0.3) is 10.6 Å². The number of likely N-dealkylation sites (tertiary alicyclic amines) is 1. The lowest BCUT2D eigenvalue weighted by Crippen LogP contribution is -2.25. The number of thiazole rings is 1. The van der Waals surface area contributed by atoms with Crippen molar-refractivity contribution >= 4 is 27.8 Å². The normalized spacial score (nSPS) is 20.0. The van der Waals surface area contributed by atoms with Crippen molar-refractivity contribution in [3.8, 4) is 10.6 Å². The first kappa shape index (κ1) is 13.1. The molecule has 3 rings (SSSR count). The van der Waals surface area contributed by atoms with Crippen LogP contribution in [0.4, 0.5) is 5.13 Å². The molecule has 1 unspecified atom stereocenters. The number of hydrogen-bond donors (Lipinski definition) is 1. The third-order valence-electron chi connectivity index (χ3n) is 3.70. The average Bonchev–Trinajstić information content (AvgIpc) is 3.11. The zero-order valence-corrected chi connectivity index (χ0v) is 13.0. The molecule has 19 heavy (non-hydrogen) atoms. The molecule has 3 heterocycles. The molecule has 2 aromatic heterocycles. The van der Waals surface area contributed by atoms with Crippen LogP contribution in [-0.2, 0) is 6.54 Å². The van der Waals surface area contributed by atoms with E-state index in [1.807, 2.05) is 7.05 Å². The van der Waals surface area contributed by atoms with Crippen LogP contribution in [0.1, 0.15) is 24.6 Å². The largest absolute Gasteiger partial charge is 0.365 e. The molecule has 3 nitrogen and oxygen atoms in total. The van der Waals surface area contributed by atoms with Gasteiger partial charge in [-0.1, -0.05) is 6.07 Å². The van der Waals surface area contributed by atoms with E-state index in [9.17, 15) is 0 Å². The van der Waals surface area contributed by atoms with Crippen molar-refractivity contribution in [1.82, 2.24) is 9.88 Å². The molecule has 0 aromatic carbocycles. The van der Waals surface area contributed by atoms with Gasteiger partial charge in [0, 0.05) is 24.5 Å². The molecule has 2 aromatic rings. The van der Waals surface area contributed by atoms with Crippen molar-refractivity contribution in [2.75, 3.05) is 18.9 Å². The summed E-state index contributed by atoms with van der Waals surface area (Å²) in [4.78, 5) is 9.97. The predicted octanol–water partition coefficient (Wildman–Crippen LogP) is 3.90. The second-order valence-electron chi connectivity index (χ2n) is 4.98. The van der Waals surface area contributed by atoms with Gasteiger partial charge in [-0.3, -0.25) is 4.90 Å². The smallest absolute Gasteiger partial charge is 0.183 e. The van der Waals surface area contributed by atoms with Gasteiger partial charge >= 0.3 is 0 Å². The molecule has 1 atom stereocenters. The minimum Gasteiger partial charge on any atom is -0.365 e. The molecule has 1 fully saturated rings. The van der Waals surface area contributed by atoms with Gasteiger partial charge in [0.25, 0.3) is 0 Å². The summed E-state index contributed by atoms with van der Waals surface area (Å²) in [5.74, 6) is 0. The molecule has 0 bridgehead atoms. The number of rotatable bonds is 4. The molecule has 0 saturated carbocycles. The number of anilines is 1. The van der Waals surface area contributed by atoms with E-state index in [1.165, 1.54) is 34.8 Å². The fourth-order valence-corrected chi connectivity index (χ4v) is 4.34. The summed E-state index contributed by atoms with van der Waals surface area (Å²) in [6.45, 7) is 4.59. The molecule has 1 aliphatic rings. The Morgan fingerprint density at radius 3 is 3.05 bits per heavy atom. The lowest BCUT2D eigenvalue weighted by atomic mass is 10.2. The Morgan fingerprint density at radius 1 is 1.53 bits per heavy atom. The van der Waals surface area contributed by atoms with Gasteiger partial charge in [-0.2, -0.15) is 0 Å².